The molecule has 0 bridgehead atoms. The fourth-order valence-electron chi connectivity index (χ4n) is 2.24. The van der Waals surface area contributed by atoms with Crippen molar-refractivity contribution in [2.24, 2.45) is 0 Å². The van der Waals surface area contributed by atoms with Gasteiger partial charge in [0, 0.05) is 0 Å². The van der Waals surface area contributed by atoms with Crippen molar-refractivity contribution in [1.82, 2.24) is 0 Å². The third-order valence-corrected chi connectivity index (χ3v) is 5.78. The van der Waals surface area contributed by atoms with Crippen LogP contribution in [-0.2, 0) is 16.3 Å². The molecule has 1 aliphatic carbocycles. The second-order valence-electron chi connectivity index (χ2n) is 4.64. The zero-order valence-electron chi connectivity index (χ0n) is 10.4. The van der Waals surface area contributed by atoms with Gasteiger partial charge in [0.15, 0.2) is 9.84 Å². The predicted octanol–water partition coefficient (Wildman–Crippen LogP) is 2.19. The lowest BCUT2D eigenvalue weighted by atomic mass is 10.0. The number of rotatable bonds is 4. The van der Waals surface area contributed by atoms with Crippen LogP contribution in [0, 0.1) is 6.92 Å². The standard InChI is InChI=1S/C13H16O4S/c1-3-10-11(13(14)15)7-4-8(2)12(10)18(16,17)9-5-6-9/h4,7,9H,3,5-6H2,1-2H3,(H,14,15). The van der Waals surface area contributed by atoms with Crippen molar-refractivity contribution in [3.8, 4) is 0 Å². The van der Waals surface area contributed by atoms with E-state index in [2.05, 4.69) is 0 Å². The maximum atomic E-state index is 12.4. The molecule has 0 aliphatic heterocycles. The summed E-state index contributed by atoms with van der Waals surface area (Å²) in [6.07, 6.45) is 1.77. The molecule has 2 rings (SSSR count). The molecule has 0 aromatic heterocycles. The van der Waals surface area contributed by atoms with Crippen molar-refractivity contribution in [2.45, 2.75) is 43.3 Å². The zero-order chi connectivity index (χ0) is 13.5. The van der Waals surface area contributed by atoms with E-state index in [-0.39, 0.29) is 15.7 Å². The van der Waals surface area contributed by atoms with Crippen molar-refractivity contribution in [3.63, 3.8) is 0 Å². The number of carbonyl (C=O) groups is 1. The van der Waals surface area contributed by atoms with Gasteiger partial charge < -0.3 is 5.11 Å². The fraction of sp³-hybridized carbons (Fsp3) is 0.462. The van der Waals surface area contributed by atoms with Crippen LogP contribution in [0.4, 0.5) is 0 Å². The van der Waals surface area contributed by atoms with Crippen LogP contribution >= 0.6 is 0 Å². The predicted molar refractivity (Wildman–Crippen MR) is 67.7 cm³/mol. The van der Waals surface area contributed by atoms with E-state index in [1.807, 2.05) is 0 Å². The van der Waals surface area contributed by atoms with Crippen LogP contribution in [0.5, 0.6) is 0 Å². The van der Waals surface area contributed by atoms with Gasteiger partial charge in [0.2, 0.25) is 0 Å². The van der Waals surface area contributed by atoms with E-state index in [1.165, 1.54) is 6.07 Å². The summed E-state index contributed by atoms with van der Waals surface area (Å²) in [4.78, 5) is 11.4. The summed E-state index contributed by atoms with van der Waals surface area (Å²) in [5, 5.41) is 8.82. The van der Waals surface area contributed by atoms with E-state index < -0.39 is 15.8 Å². The Labute approximate surface area is 107 Å². The molecule has 98 valence electrons. The van der Waals surface area contributed by atoms with Gasteiger partial charge in [-0.05, 0) is 43.4 Å². The molecule has 1 saturated carbocycles. The van der Waals surface area contributed by atoms with Gasteiger partial charge in [-0.25, -0.2) is 13.2 Å². The van der Waals surface area contributed by atoms with Crippen LogP contribution < -0.4 is 0 Å². The van der Waals surface area contributed by atoms with Crippen LogP contribution in [0.2, 0.25) is 0 Å². The molecule has 0 unspecified atom stereocenters. The highest BCUT2D eigenvalue weighted by atomic mass is 32.2. The van der Waals surface area contributed by atoms with E-state index in [4.69, 9.17) is 5.11 Å². The molecule has 0 heterocycles. The van der Waals surface area contributed by atoms with Crippen LogP contribution in [0.15, 0.2) is 17.0 Å². The SMILES string of the molecule is CCc1c(C(=O)O)ccc(C)c1S(=O)(=O)C1CC1. The summed E-state index contributed by atoms with van der Waals surface area (Å²) in [5.74, 6) is -1.07. The highest BCUT2D eigenvalue weighted by Gasteiger charge is 2.39. The first-order valence-electron chi connectivity index (χ1n) is 5.99. The van der Waals surface area contributed by atoms with E-state index in [0.29, 0.717) is 30.4 Å². The first-order chi connectivity index (χ1) is 8.39. The second-order valence-corrected chi connectivity index (χ2v) is 6.81. The van der Waals surface area contributed by atoms with E-state index in [0.717, 1.165) is 0 Å². The van der Waals surface area contributed by atoms with Crippen LogP contribution in [0.1, 0.15) is 41.3 Å². The molecular formula is C13H16O4S. The Kier molecular flexibility index (Phi) is 3.19. The first-order valence-corrected chi connectivity index (χ1v) is 7.54. The lowest BCUT2D eigenvalue weighted by molar-refractivity contribution is 0.0695. The molecule has 0 amide bonds. The lowest BCUT2D eigenvalue weighted by Gasteiger charge is -2.14. The molecule has 1 aromatic rings. The topological polar surface area (TPSA) is 71.4 Å². The third kappa shape index (κ3) is 2.03. The first kappa shape index (κ1) is 13.1. The molecule has 0 saturated heterocycles. The van der Waals surface area contributed by atoms with E-state index in [9.17, 15) is 13.2 Å². The molecule has 5 heteroatoms. The van der Waals surface area contributed by atoms with Gasteiger partial charge in [0.1, 0.15) is 0 Å². The highest BCUT2D eigenvalue weighted by molar-refractivity contribution is 7.92. The molecule has 1 aromatic carbocycles. The number of aryl methyl sites for hydroxylation is 1. The Morgan fingerprint density at radius 1 is 1.39 bits per heavy atom. The fourth-order valence-corrected chi connectivity index (χ4v) is 4.44. The zero-order valence-corrected chi connectivity index (χ0v) is 11.3. The molecule has 1 fully saturated rings. The number of aromatic carboxylic acids is 1. The monoisotopic (exact) mass is 268 g/mol. The molecule has 0 atom stereocenters. The Morgan fingerprint density at radius 3 is 2.44 bits per heavy atom. The Balaban J connectivity index is 2.72. The number of sulfone groups is 1. The lowest BCUT2D eigenvalue weighted by Crippen LogP contribution is -2.15. The smallest absolute Gasteiger partial charge is 0.336 e. The number of benzene rings is 1. The summed E-state index contributed by atoms with van der Waals surface area (Å²) in [6.45, 7) is 3.51. The van der Waals surface area contributed by atoms with Crippen molar-refractivity contribution < 1.29 is 18.3 Å². The highest BCUT2D eigenvalue weighted by Crippen LogP contribution is 2.37. The maximum Gasteiger partial charge on any atom is 0.336 e. The summed E-state index contributed by atoms with van der Waals surface area (Å²) in [6, 6.07) is 3.07. The summed E-state index contributed by atoms with van der Waals surface area (Å²) in [7, 11) is -3.36. The Morgan fingerprint density at radius 2 is 2.00 bits per heavy atom. The van der Waals surface area contributed by atoms with Gasteiger partial charge >= 0.3 is 5.97 Å². The Bertz CT molecular complexity index is 598. The van der Waals surface area contributed by atoms with Crippen molar-refractivity contribution in [1.29, 1.82) is 0 Å². The van der Waals surface area contributed by atoms with Gasteiger partial charge in [-0.1, -0.05) is 13.0 Å². The number of carboxylic acid groups (broad SMARTS) is 1. The van der Waals surface area contributed by atoms with Crippen LogP contribution in [0.25, 0.3) is 0 Å². The molecule has 0 radical (unpaired) electrons. The molecule has 0 spiro atoms. The average Bonchev–Trinajstić information content (AvgIpc) is 3.11. The van der Waals surface area contributed by atoms with Gasteiger partial charge in [-0.15, -0.1) is 0 Å². The third-order valence-electron chi connectivity index (χ3n) is 3.29. The molecule has 4 nitrogen and oxygen atoms in total. The van der Waals surface area contributed by atoms with Gasteiger partial charge in [-0.3, -0.25) is 0 Å². The van der Waals surface area contributed by atoms with Crippen molar-refractivity contribution in [2.75, 3.05) is 0 Å². The number of hydrogen-bond donors (Lipinski definition) is 1. The quantitative estimate of drug-likeness (QED) is 0.908. The Hall–Kier alpha value is -1.36. The maximum absolute atomic E-state index is 12.4. The van der Waals surface area contributed by atoms with Gasteiger partial charge in [-0.2, -0.15) is 0 Å². The van der Waals surface area contributed by atoms with Crippen molar-refractivity contribution in [3.05, 3.63) is 28.8 Å². The largest absolute Gasteiger partial charge is 0.478 e. The van der Waals surface area contributed by atoms with Gasteiger partial charge in [0.25, 0.3) is 0 Å². The normalized spacial score (nSPS) is 15.7. The number of carboxylic acids is 1. The molecule has 1 aliphatic rings. The minimum Gasteiger partial charge on any atom is -0.478 e. The number of hydrogen-bond acceptors (Lipinski definition) is 3. The molecular weight excluding hydrogens is 252 g/mol. The minimum atomic E-state index is -3.36. The summed E-state index contributed by atoms with van der Waals surface area (Å²) >= 11 is 0. The van der Waals surface area contributed by atoms with E-state index in [1.54, 1.807) is 19.9 Å². The minimum absolute atomic E-state index is 0.0994. The van der Waals surface area contributed by atoms with Crippen LogP contribution in [-0.4, -0.2) is 24.7 Å². The van der Waals surface area contributed by atoms with Crippen molar-refractivity contribution >= 4 is 15.8 Å². The second kappa shape index (κ2) is 4.39. The average molecular weight is 268 g/mol. The van der Waals surface area contributed by atoms with E-state index >= 15 is 0 Å². The molecule has 18 heavy (non-hydrogen) atoms. The molecule has 1 N–H and O–H groups in total. The summed E-state index contributed by atoms with van der Waals surface area (Å²) < 4.78 is 24.8. The van der Waals surface area contributed by atoms with Crippen LogP contribution in [0.3, 0.4) is 0 Å². The summed E-state index contributed by atoms with van der Waals surface area (Å²) in [5.41, 5.74) is 1.18. The van der Waals surface area contributed by atoms with Gasteiger partial charge in [0.05, 0.1) is 15.7 Å².